The lowest BCUT2D eigenvalue weighted by atomic mass is 10.2. The first-order valence-electron chi connectivity index (χ1n) is 9.17. The van der Waals surface area contributed by atoms with E-state index < -0.39 is 5.91 Å². The maximum Gasteiger partial charge on any atom is 0.268 e. The van der Waals surface area contributed by atoms with Crippen molar-refractivity contribution in [1.82, 2.24) is 10.6 Å². The van der Waals surface area contributed by atoms with Crippen molar-refractivity contribution in [3.63, 3.8) is 0 Å². The highest BCUT2D eigenvalue weighted by Gasteiger charge is 2.16. The first-order chi connectivity index (χ1) is 13.9. The number of hydrogen-bond donors (Lipinski definition) is 2. The van der Waals surface area contributed by atoms with E-state index in [9.17, 15) is 9.59 Å². The van der Waals surface area contributed by atoms with Crippen molar-refractivity contribution >= 4 is 29.5 Å². The molecule has 0 aliphatic heterocycles. The average molecular weight is 409 g/mol. The molecule has 0 saturated carbocycles. The summed E-state index contributed by atoms with van der Waals surface area (Å²) in [5, 5.41) is 6.02. The molecule has 6 heteroatoms. The summed E-state index contributed by atoms with van der Waals surface area (Å²) in [6.45, 7) is 3.69. The van der Waals surface area contributed by atoms with E-state index in [1.165, 1.54) is 6.08 Å². The van der Waals surface area contributed by atoms with Crippen molar-refractivity contribution in [3.05, 3.63) is 88.8 Å². The van der Waals surface area contributed by atoms with Gasteiger partial charge in [-0.1, -0.05) is 41.9 Å². The number of rotatable bonds is 6. The maximum atomic E-state index is 12.6. The van der Waals surface area contributed by atoms with Crippen molar-refractivity contribution in [3.8, 4) is 11.3 Å². The monoisotopic (exact) mass is 408 g/mol. The summed E-state index contributed by atoms with van der Waals surface area (Å²) >= 11 is 6.22. The number of carbonyl (C=O) groups is 2. The average Bonchev–Trinajstić information content (AvgIpc) is 3.16. The molecule has 3 aromatic rings. The van der Waals surface area contributed by atoms with Crippen LogP contribution >= 0.6 is 11.6 Å². The summed E-state index contributed by atoms with van der Waals surface area (Å²) in [6, 6.07) is 19.4. The Labute approximate surface area is 174 Å². The van der Waals surface area contributed by atoms with Crippen LogP contribution in [0.2, 0.25) is 5.02 Å². The standard InChI is InChI=1S/C23H21ClN2O3/c1-15(2)25-23(28)20(26-22(27)16-8-4-3-5-9-16)14-17-12-13-21(29-17)18-10-6-7-11-19(18)24/h3-15H,1-2H3,(H,25,28)(H,26,27). The molecular weight excluding hydrogens is 388 g/mol. The highest BCUT2D eigenvalue weighted by atomic mass is 35.5. The van der Waals surface area contributed by atoms with Gasteiger partial charge in [-0.25, -0.2) is 0 Å². The van der Waals surface area contributed by atoms with E-state index in [1.54, 1.807) is 42.5 Å². The van der Waals surface area contributed by atoms with Crippen molar-refractivity contribution in [2.45, 2.75) is 19.9 Å². The summed E-state index contributed by atoms with van der Waals surface area (Å²) < 4.78 is 5.83. The van der Waals surface area contributed by atoms with Gasteiger partial charge in [0.05, 0.1) is 5.02 Å². The number of nitrogens with one attached hydrogen (secondary N) is 2. The molecule has 2 N–H and O–H groups in total. The fourth-order valence-electron chi connectivity index (χ4n) is 2.66. The normalized spacial score (nSPS) is 11.4. The lowest BCUT2D eigenvalue weighted by Gasteiger charge is -2.12. The van der Waals surface area contributed by atoms with Crippen LogP contribution in [-0.2, 0) is 4.79 Å². The summed E-state index contributed by atoms with van der Waals surface area (Å²) in [5.74, 6) is 0.204. The molecule has 5 nitrogen and oxygen atoms in total. The summed E-state index contributed by atoms with van der Waals surface area (Å²) in [4.78, 5) is 25.1. The Hall–Kier alpha value is -3.31. The van der Waals surface area contributed by atoms with Gasteiger partial charge >= 0.3 is 0 Å². The van der Waals surface area contributed by atoms with Gasteiger partial charge in [-0.3, -0.25) is 9.59 Å². The summed E-state index contributed by atoms with van der Waals surface area (Å²) in [6.07, 6.45) is 1.50. The van der Waals surface area contributed by atoms with Crippen LogP contribution < -0.4 is 10.6 Å². The Balaban J connectivity index is 1.89. The van der Waals surface area contributed by atoms with Crippen LogP contribution in [0.25, 0.3) is 17.4 Å². The van der Waals surface area contributed by atoms with E-state index >= 15 is 0 Å². The topological polar surface area (TPSA) is 71.3 Å². The first kappa shape index (κ1) is 20.4. The van der Waals surface area contributed by atoms with Crippen LogP contribution in [0.4, 0.5) is 0 Å². The third-order valence-corrected chi connectivity index (χ3v) is 4.33. The molecule has 0 aliphatic carbocycles. The molecule has 1 heterocycles. The Morgan fingerprint density at radius 2 is 1.66 bits per heavy atom. The molecule has 3 rings (SSSR count). The van der Waals surface area contributed by atoms with Crippen LogP contribution in [0.5, 0.6) is 0 Å². The number of furan rings is 1. The van der Waals surface area contributed by atoms with E-state index in [0.717, 1.165) is 5.56 Å². The molecule has 2 aromatic carbocycles. The minimum absolute atomic E-state index is 0.0881. The fraction of sp³-hybridized carbons (Fsp3) is 0.130. The Morgan fingerprint density at radius 3 is 2.34 bits per heavy atom. The largest absolute Gasteiger partial charge is 0.457 e. The van der Waals surface area contributed by atoms with Crippen molar-refractivity contribution in [2.75, 3.05) is 0 Å². The molecule has 29 heavy (non-hydrogen) atoms. The number of amides is 2. The number of carbonyl (C=O) groups excluding carboxylic acids is 2. The van der Waals surface area contributed by atoms with Crippen molar-refractivity contribution in [1.29, 1.82) is 0 Å². The second-order valence-corrected chi connectivity index (χ2v) is 7.10. The molecule has 1 aromatic heterocycles. The number of halogens is 1. The highest BCUT2D eigenvalue weighted by molar-refractivity contribution is 6.33. The van der Waals surface area contributed by atoms with Crippen LogP contribution in [0, 0.1) is 0 Å². The Kier molecular flexibility index (Phi) is 6.52. The van der Waals surface area contributed by atoms with Gasteiger partial charge in [0, 0.05) is 23.2 Å². The predicted octanol–water partition coefficient (Wildman–Crippen LogP) is 4.90. The Morgan fingerprint density at radius 1 is 0.966 bits per heavy atom. The van der Waals surface area contributed by atoms with Crippen LogP contribution in [0.15, 0.2) is 76.8 Å². The smallest absolute Gasteiger partial charge is 0.268 e. The minimum atomic E-state index is -0.403. The van der Waals surface area contributed by atoms with Crippen molar-refractivity contribution < 1.29 is 14.0 Å². The molecule has 2 amide bonds. The van der Waals surface area contributed by atoms with Gasteiger partial charge in [-0.15, -0.1) is 0 Å². The van der Waals surface area contributed by atoms with E-state index in [1.807, 2.05) is 38.1 Å². The molecule has 0 atom stereocenters. The molecule has 0 aliphatic rings. The SMILES string of the molecule is CC(C)NC(=O)C(=Cc1ccc(-c2ccccc2Cl)o1)NC(=O)c1ccccc1. The minimum Gasteiger partial charge on any atom is -0.457 e. The molecule has 0 unspecified atom stereocenters. The highest BCUT2D eigenvalue weighted by Crippen LogP contribution is 2.29. The second-order valence-electron chi connectivity index (χ2n) is 6.69. The second kappa shape index (κ2) is 9.26. The van der Waals surface area contributed by atoms with E-state index in [0.29, 0.717) is 22.1 Å². The van der Waals surface area contributed by atoms with Crippen LogP contribution in [0.1, 0.15) is 30.0 Å². The zero-order chi connectivity index (χ0) is 20.8. The molecule has 0 saturated heterocycles. The summed E-state index contributed by atoms with van der Waals surface area (Å²) in [7, 11) is 0. The summed E-state index contributed by atoms with van der Waals surface area (Å²) in [5.41, 5.74) is 1.29. The van der Waals surface area contributed by atoms with Gasteiger partial charge in [0.1, 0.15) is 17.2 Å². The van der Waals surface area contributed by atoms with Gasteiger partial charge in [-0.05, 0) is 50.2 Å². The maximum absolute atomic E-state index is 12.6. The van der Waals surface area contributed by atoms with E-state index in [2.05, 4.69) is 10.6 Å². The van der Waals surface area contributed by atoms with Gasteiger partial charge in [0.2, 0.25) is 0 Å². The number of hydrogen-bond acceptors (Lipinski definition) is 3. The van der Waals surface area contributed by atoms with Crippen LogP contribution in [-0.4, -0.2) is 17.9 Å². The Bertz CT molecular complexity index is 1040. The third-order valence-electron chi connectivity index (χ3n) is 4.00. The first-order valence-corrected chi connectivity index (χ1v) is 9.55. The number of benzene rings is 2. The molecule has 148 valence electrons. The van der Waals surface area contributed by atoms with Crippen molar-refractivity contribution in [2.24, 2.45) is 0 Å². The van der Waals surface area contributed by atoms with E-state index in [4.69, 9.17) is 16.0 Å². The zero-order valence-electron chi connectivity index (χ0n) is 16.1. The molecule has 0 spiro atoms. The fourth-order valence-corrected chi connectivity index (χ4v) is 2.89. The third kappa shape index (κ3) is 5.36. The predicted molar refractivity (Wildman–Crippen MR) is 114 cm³/mol. The van der Waals surface area contributed by atoms with Gasteiger partial charge < -0.3 is 15.1 Å². The molecule has 0 fully saturated rings. The zero-order valence-corrected chi connectivity index (χ0v) is 16.9. The molecule has 0 radical (unpaired) electrons. The van der Waals surface area contributed by atoms with Gasteiger partial charge in [-0.2, -0.15) is 0 Å². The van der Waals surface area contributed by atoms with Gasteiger partial charge in [0.15, 0.2) is 0 Å². The molecular formula is C23H21ClN2O3. The molecule has 0 bridgehead atoms. The quantitative estimate of drug-likeness (QED) is 0.570. The van der Waals surface area contributed by atoms with Gasteiger partial charge in [0.25, 0.3) is 11.8 Å². The lowest BCUT2D eigenvalue weighted by Crippen LogP contribution is -2.38. The van der Waals surface area contributed by atoms with E-state index in [-0.39, 0.29) is 17.6 Å². The van der Waals surface area contributed by atoms with Crippen LogP contribution in [0.3, 0.4) is 0 Å². The lowest BCUT2D eigenvalue weighted by molar-refractivity contribution is -0.118.